The molecule has 1 saturated heterocycles. The Labute approximate surface area is 149 Å². The summed E-state index contributed by atoms with van der Waals surface area (Å²) in [6.07, 6.45) is 4.34. The zero-order valence-corrected chi connectivity index (χ0v) is 15.0. The molecular formula is C20H28N2O3. The van der Waals surface area contributed by atoms with E-state index in [-0.39, 0.29) is 0 Å². The summed E-state index contributed by atoms with van der Waals surface area (Å²) in [6, 6.07) is 6.66. The van der Waals surface area contributed by atoms with Gasteiger partial charge in [0.2, 0.25) is 5.91 Å². The summed E-state index contributed by atoms with van der Waals surface area (Å²) in [5.41, 5.74) is 1.22. The second-order valence-electron chi connectivity index (χ2n) is 7.48. The summed E-state index contributed by atoms with van der Waals surface area (Å²) in [4.78, 5) is 14.4. The van der Waals surface area contributed by atoms with E-state index < -0.39 is 0 Å². The van der Waals surface area contributed by atoms with Crippen molar-refractivity contribution in [1.29, 1.82) is 0 Å². The van der Waals surface area contributed by atoms with Crippen molar-refractivity contribution in [3.8, 4) is 11.5 Å². The minimum Gasteiger partial charge on any atom is -0.486 e. The third-order valence-electron chi connectivity index (χ3n) is 5.67. The van der Waals surface area contributed by atoms with Gasteiger partial charge in [0.25, 0.3) is 0 Å². The number of nitrogens with one attached hydrogen (secondary N) is 1. The topological polar surface area (TPSA) is 50.8 Å². The lowest BCUT2D eigenvalue weighted by molar-refractivity contribution is -0.134. The fourth-order valence-corrected chi connectivity index (χ4v) is 3.95. The molecule has 0 radical (unpaired) electrons. The lowest BCUT2D eigenvalue weighted by Crippen LogP contribution is -2.51. The number of nitrogens with zero attached hydrogens (tertiary/aromatic N) is 1. The fourth-order valence-electron chi connectivity index (χ4n) is 3.95. The number of ether oxygens (including phenoxy) is 2. The van der Waals surface area contributed by atoms with Crippen LogP contribution in [0.15, 0.2) is 18.2 Å². The van der Waals surface area contributed by atoms with Gasteiger partial charge in [0, 0.05) is 31.6 Å². The Kier molecular flexibility index (Phi) is 4.84. The normalized spacial score (nSPS) is 25.7. The van der Waals surface area contributed by atoms with E-state index in [9.17, 15) is 4.79 Å². The van der Waals surface area contributed by atoms with Gasteiger partial charge in [0.1, 0.15) is 13.2 Å². The maximum atomic E-state index is 12.3. The van der Waals surface area contributed by atoms with Gasteiger partial charge in [-0.05, 0) is 42.9 Å². The van der Waals surface area contributed by atoms with Crippen molar-refractivity contribution in [1.82, 2.24) is 10.2 Å². The van der Waals surface area contributed by atoms with Crippen molar-refractivity contribution >= 4 is 5.91 Å². The van der Waals surface area contributed by atoms with Crippen molar-refractivity contribution in [3.05, 3.63) is 23.8 Å². The molecule has 136 valence electrons. The number of hydrogen-bond donors (Lipinski definition) is 1. The van der Waals surface area contributed by atoms with Crippen molar-refractivity contribution in [3.63, 3.8) is 0 Å². The number of piperidine rings is 1. The molecule has 0 bridgehead atoms. The first kappa shape index (κ1) is 16.7. The molecule has 25 heavy (non-hydrogen) atoms. The maximum Gasteiger partial charge on any atom is 0.225 e. The first-order valence-electron chi connectivity index (χ1n) is 9.65. The number of amides is 1. The van der Waals surface area contributed by atoms with Gasteiger partial charge >= 0.3 is 0 Å². The summed E-state index contributed by atoms with van der Waals surface area (Å²) in [5, 5.41) is 3.72. The first-order valence-corrected chi connectivity index (χ1v) is 9.65. The molecule has 1 aromatic rings. The molecule has 0 aromatic heterocycles. The van der Waals surface area contributed by atoms with E-state index in [0.29, 0.717) is 37.0 Å². The smallest absolute Gasteiger partial charge is 0.225 e. The van der Waals surface area contributed by atoms with Crippen LogP contribution in [-0.4, -0.2) is 43.2 Å². The Bertz CT molecular complexity index is 629. The SMILES string of the molecule is CC[C@@H]1CN(C(=O)C2CC2)CC[C@@H]1NCc1ccc2c(c1)OCCO2. The van der Waals surface area contributed by atoms with E-state index in [4.69, 9.17) is 9.47 Å². The molecule has 2 heterocycles. The van der Waals surface area contributed by atoms with Crippen LogP contribution in [0.3, 0.4) is 0 Å². The van der Waals surface area contributed by atoms with Crippen LogP contribution in [-0.2, 0) is 11.3 Å². The highest BCUT2D eigenvalue weighted by atomic mass is 16.6. The molecule has 4 rings (SSSR count). The second-order valence-corrected chi connectivity index (χ2v) is 7.48. The summed E-state index contributed by atoms with van der Waals surface area (Å²) in [7, 11) is 0. The number of benzene rings is 1. The zero-order chi connectivity index (χ0) is 17.2. The molecule has 0 unspecified atom stereocenters. The second kappa shape index (κ2) is 7.24. The van der Waals surface area contributed by atoms with Crippen LogP contribution in [0.5, 0.6) is 11.5 Å². The summed E-state index contributed by atoms with van der Waals surface area (Å²) in [6.45, 7) is 6.11. The van der Waals surface area contributed by atoms with E-state index in [1.807, 2.05) is 6.07 Å². The Morgan fingerprint density at radius 2 is 2.00 bits per heavy atom. The minimum absolute atomic E-state index is 0.333. The van der Waals surface area contributed by atoms with Gasteiger partial charge in [0.05, 0.1) is 0 Å². The maximum absolute atomic E-state index is 12.3. The van der Waals surface area contributed by atoms with E-state index in [1.165, 1.54) is 5.56 Å². The quantitative estimate of drug-likeness (QED) is 0.892. The van der Waals surface area contributed by atoms with Crippen LogP contribution in [0.4, 0.5) is 0 Å². The highest BCUT2D eigenvalue weighted by molar-refractivity contribution is 5.81. The molecule has 5 heteroatoms. The zero-order valence-electron chi connectivity index (χ0n) is 15.0. The average molecular weight is 344 g/mol. The van der Waals surface area contributed by atoms with Crippen LogP contribution in [0.1, 0.15) is 38.2 Å². The van der Waals surface area contributed by atoms with Gasteiger partial charge in [-0.3, -0.25) is 4.79 Å². The number of rotatable bonds is 5. The molecule has 0 spiro atoms. The molecule has 2 fully saturated rings. The van der Waals surface area contributed by atoms with Gasteiger partial charge < -0.3 is 19.7 Å². The van der Waals surface area contributed by atoms with Gasteiger partial charge in [-0.15, -0.1) is 0 Å². The van der Waals surface area contributed by atoms with Crippen LogP contribution in [0, 0.1) is 11.8 Å². The third kappa shape index (κ3) is 3.76. The molecule has 5 nitrogen and oxygen atoms in total. The predicted octanol–water partition coefficient (Wildman–Crippen LogP) is 2.58. The van der Waals surface area contributed by atoms with Crippen molar-refractivity contribution in [2.75, 3.05) is 26.3 Å². The van der Waals surface area contributed by atoms with Crippen LogP contribution in [0.25, 0.3) is 0 Å². The Hall–Kier alpha value is -1.75. The van der Waals surface area contributed by atoms with E-state index in [1.54, 1.807) is 0 Å². The van der Waals surface area contributed by atoms with Crippen LogP contribution < -0.4 is 14.8 Å². The van der Waals surface area contributed by atoms with Crippen molar-refractivity contribution < 1.29 is 14.3 Å². The molecule has 1 aliphatic carbocycles. The van der Waals surface area contributed by atoms with Gasteiger partial charge in [0.15, 0.2) is 11.5 Å². The van der Waals surface area contributed by atoms with Crippen LogP contribution in [0.2, 0.25) is 0 Å². The molecule has 1 aromatic carbocycles. The molecule has 2 aliphatic heterocycles. The first-order chi connectivity index (χ1) is 12.2. The van der Waals surface area contributed by atoms with Crippen molar-refractivity contribution in [2.24, 2.45) is 11.8 Å². The number of likely N-dealkylation sites (tertiary alicyclic amines) is 1. The molecule has 3 aliphatic rings. The Morgan fingerprint density at radius 3 is 2.76 bits per heavy atom. The Morgan fingerprint density at radius 1 is 1.20 bits per heavy atom. The Balaban J connectivity index is 1.33. The number of fused-ring (bicyclic) bond motifs is 1. The summed E-state index contributed by atoms with van der Waals surface area (Å²) >= 11 is 0. The molecular weight excluding hydrogens is 316 g/mol. The lowest BCUT2D eigenvalue weighted by atomic mass is 9.89. The predicted molar refractivity (Wildman–Crippen MR) is 95.8 cm³/mol. The molecule has 1 amide bonds. The van der Waals surface area contributed by atoms with E-state index >= 15 is 0 Å². The highest BCUT2D eigenvalue weighted by Gasteiger charge is 2.37. The average Bonchev–Trinajstić information content (AvgIpc) is 3.50. The van der Waals surface area contributed by atoms with Gasteiger partial charge in [-0.2, -0.15) is 0 Å². The minimum atomic E-state index is 0.333. The van der Waals surface area contributed by atoms with Gasteiger partial charge in [-0.1, -0.05) is 19.4 Å². The lowest BCUT2D eigenvalue weighted by Gasteiger charge is -2.39. The molecule has 1 saturated carbocycles. The monoisotopic (exact) mass is 344 g/mol. The molecule has 1 N–H and O–H groups in total. The third-order valence-corrected chi connectivity index (χ3v) is 5.67. The fraction of sp³-hybridized carbons (Fsp3) is 0.650. The summed E-state index contributed by atoms with van der Waals surface area (Å²) < 4.78 is 11.3. The number of carbonyl (C=O) groups excluding carboxylic acids is 1. The highest BCUT2D eigenvalue weighted by Crippen LogP contribution is 2.33. The van der Waals surface area contributed by atoms with Gasteiger partial charge in [-0.25, -0.2) is 0 Å². The van der Waals surface area contributed by atoms with E-state index in [0.717, 1.165) is 56.8 Å². The molecule has 2 atom stereocenters. The standard InChI is InChI=1S/C20H28N2O3/c1-2-15-13-22(20(23)16-4-5-16)8-7-17(15)21-12-14-3-6-18-19(11-14)25-10-9-24-18/h3,6,11,15-17,21H,2,4-5,7-10,12-13H2,1H3/t15-,17+/m1/s1. The largest absolute Gasteiger partial charge is 0.486 e. The van der Waals surface area contributed by atoms with Crippen LogP contribution >= 0.6 is 0 Å². The number of carbonyl (C=O) groups is 1. The van der Waals surface area contributed by atoms with E-state index in [2.05, 4.69) is 29.3 Å². The number of hydrogen-bond acceptors (Lipinski definition) is 4. The van der Waals surface area contributed by atoms with Crippen molar-refractivity contribution in [2.45, 2.75) is 45.2 Å². The summed E-state index contributed by atoms with van der Waals surface area (Å²) in [5.74, 6) is 2.95.